The van der Waals surface area contributed by atoms with Gasteiger partial charge in [-0.25, -0.2) is 0 Å². The molecule has 0 aliphatic carbocycles. The fourth-order valence-electron chi connectivity index (χ4n) is 1.69. The number of thioether (sulfide) groups is 1. The van der Waals surface area contributed by atoms with Crippen LogP contribution in [0.2, 0.25) is 0 Å². The van der Waals surface area contributed by atoms with Gasteiger partial charge in [-0.15, -0.1) is 11.6 Å². The second-order valence-corrected chi connectivity index (χ2v) is 6.30. The highest BCUT2D eigenvalue weighted by Gasteiger charge is 2.23. The quantitative estimate of drug-likeness (QED) is 0.759. The smallest absolute Gasteiger partial charge is 0.224 e. The van der Waals surface area contributed by atoms with E-state index in [1.165, 1.54) is 0 Å². The predicted octanol–water partition coefficient (Wildman–Crippen LogP) is 2.51. The number of hydrogen-bond donors (Lipinski definition) is 1. The molecule has 0 aromatic rings. The molecule has 1 aliphatic heterocycles. The van der Waals surface area contributed by atoms with Crippen LogP contribution in [0.15, 0.2) is 0 Å². The summed E-state index contributed by atoms with van der Waals surface area (Å²) in [5, 5.41) is 3.02. The molecule has 0 spiro atoms. The van der Waals surface area contributed by atoms with Gasteiger partial charge in [-0.05, 0) is 24.5 Å². The molecule has 1 rings (SSSR count). The van der Waals surface area contributed by atoms with Crippen LogP contribution < -0.4 is 5.32 Å². The molecule has 88 valence electrons. The number of hydrogen-bond acceptors (Lipinski definition) is 2. The van der Waals surface area contributed by atoms with Crippen molar-refractivity contribution in [3.8, 4) is 0 Å². The van der Waals surface area contributed by atoms with Crippen molar-refractivity contribution >= 4 is 29.3 Å². The van der Waals surface area contributed by atoms with Crippen molar-refractivity contribution in [2.24, 2.45) is 11.8 Å². The van der Waals surface area contributed by atoms with Crippen LogP contribution in [-0.2, 0) is 4.79 Å². The van der Waals surface area contributed by atoms with Crippen LogP contribution in [0.1, 0.15) is 26.7 Å². The van der Waals surface area contributed by atoms with Gasteiger partial charge in [0.2, 0.25) is 5.91 Å². The highest BCUT2D eigenvalue weighted by atomic mass is 35.5. The molecule has 1 N–H and O–H groups in total. The normalized spacial score (nSPS) is 23.1. The predicted molar refractivity (Wildman–Crippen MR) is 67.5 cm³/mol. The van der Waals surface area contributed by atoms with Crippen LogP contribution in [0.25, 0.3) is 0 Å². The first-order valence-electron chi connectivity index (χ1n) is 5.59. The molecule has 1 aliphatic rings. The number of halogens is 1. The number of rotatable bonds is 5. The summed E-state index contributed by atoms with van der Waals surface area (Å²) in [6, 6.07) is 0. The van der Waals surface area contributed by atoms with E-state index >= 15 is 0 Å². The van der Waals surface area contributed by atoms with E-state index in [1.807, 2.05) is 11.8 Å². The van der Waals surface area contributed by atoms with Crippen molar-refractivity contribution in [1.29, 1.82) is 0 Å². The Balaban J connectivity index is 2.15. The van der Waals surface area contributed by atoms with E-state index in [2.05, 4.69) is 19.2 Å². The maximum atomic E-state index is 11.7. The second-order valence-electron chi connectivity index (χ2n) is 4.53. The number of nitrogens with one attached hydrogen (secondary N) is 1. The Labute approximate surface area is 102 Å². The van der Waals surface area contributed by atoms with Gasteiger partial charge in [0.05, 0.1) is 5.38 Å². The van der Waals surface area contributed by atoms with Gasteiger partial charge < -0.3 is 5.32 Å². The average Bonchev–Trinajstić information content (AvgIpc) is 2.65. The summed E-state index contributed by atoms with van der Waals surface area (Å²) in [5.74, 6) is 3.09. The molecule has 2 atom stereocenters. The Hall–Kier alpha value is 0.110. The lowest BCUT2D eigenvalue weighted by Gasteiger charge is -2.14. The Morgan fingerprint density at radius 2 is 2.33 bits per heavy atom. The lowest BCUT2D eigenvalue weighted by molar-refractivity contribution is -0.124. The minimum Gasteiger partial charge on any atom is -0.354 e. The van der Waals surface area contributed by atoms with Crippen LogP contribution in [0.3, 0.4) is 0 Å². The highest BCUT2D eigenvalue weighted by Crippen LogP contribution is 2.23. The summed E-state index contributed by atoms with van der Waals surface area (Å²) in [5.41, 5.74) is 0. The van der Waals surface area contributed by atoms with E-state index < -0.39 is 0 Å². The molecule has 0 bridgehead atoms. The summed E-state index contributed by atoms with van der Waals surface area (Å²) in [6.07, 6.45) is 1.98. The van der Waals surface area contributed by atoms with Gasteiger partial charge in [-0.1, -0.05) is 13.8 Å². The zero-order valence-electron chi connectivity index (χ0n) is 9.46. The first kappa shape index (κ1) is 13.2. The molecule has 0 saturated carbocycles. The lowest BCUT2D eigenvalue weighted by Crippen LogP contribution is -2.35. The molecule has 1 heterocycles. The molecule has 1 saturated heterocycles. The Morgan fingerprint density at radius 1 is 1.60 bits per heavy atom. The van der Waals surface area contributed by atoms with Gasteiger partial charge in [-0.2, -0.15) is 11.8 Å². The molecule has 4 heteroatoms. The molecule has 1 fully saturated rings. The van der Waals surface area contributed by atoms with Crippen LogP contribution in [0, 0.1) is 11.8 Å². The van der Waals surface area contributed by atoms with Gasteiger partial charge in [0.1, 0.15) is 0 Å². The van der Waals surface area contributed by atoms with E-state index in [1.54, 1.807) is 0 Å². The van der Waals surface area contributed by atoms with E-state index in [-0.39, 0.29) is 17.2 Å². The highest BCUT2D eigenvalue weighted by molar-refractivity contribution is 7.99. The van der Waals surface area contributed by atoms with Crippen molar-refractivity contribution in [2.75, 3.05) is 18.1 Å². The van der Waals surface area contributed by atoms with Gasteiger partial charge in [0.25, 0.3) is 0 Å². The molecule has 2 nitrogen and oxygen atoms in total. The van der Waals surface area contributed by atoms with Gasteiger partial charge in [-0.3, -0.25) is 4.79 Å². The average molecular weight is 250 g/mol. The molecular formula is C11H20ClNOS. The van der Waals surface area contributed by atoms with Crippen molar-refractivity contribution in [3.63, 3.8) is 0 Å². The lowest BCUT2D eigenvalue weighted by atomic mass is 10.1. The zero-order chi connectivity index (χ0) is 11.3. The molecule has 1 amide bonds. The standard InChI is InChI=1S/C11H20ClNOS/c1-8(2)5-10(12)6-13-11(14)9-3-4-15-7-9/h8-10H,3-7H2,1-2H3,(H,13,14). The molecule has 2 unspecified atom stereocenters. The molecule has 15 heavy (non-hydrogen) atoms. The minimum atomic E-state index is 0.0722. The topological polar surface area (TPSA) is 29.1 Å². The van der Waals surface area contributed by atoms with Gasteiger partial charge in [0.15, 0.2) is 0 Å². The maximum Gasteiger partial charge on any atom is 0.224 e. The van der Waals surface area contributed by atoms with Gasteiger partial charge in [0, 0.05) is 18.2 Å². The summed E-state index contributed by atoms with van der Waals surface area (Å²) < 4.78 is 0. The van der Waals surface area contributed by atoms with E-state index in [9.17, 15) is 4.79 Å². The Bertz CT molecular complexity index is 205. The fraction of sp³-hybridized carbons (Fsp3) is 0.909. The van der Waals surface area contributed by atoms with Crippen LogP contribution in [0.5, 0.6) is 0 Å². The first-order chi connectivity index (χ1) is 7.09. The molecular weight excluding hydrogens is 230 g/mol. The van der Waals surface area contributed by atoms with Crippen LogP contribution in [-0.4, -0.2) is 29.3 Å². The van der Waals surface area contributed by atoms with E-state index in [0.29, 0.717) is 12.5 Å². The number of alkyl halides is 1. The number of carbonyl (C=O) groups excluding carboxylic acids is 1. The summed E-state index contributed by atoms with van der Waals surface area (Å²) in [7, 11) is 0. The Morgan fingerprint density at radius 3 is 2.87 bits per heavy atom. The number of amides is 1. The second kappa shape index (κ2) is 6.64. The summed E-state index contributed by atoms with van der Waals surface area (Å²) >= 11 is 7.97. The van der Waals surface area contributed by atoms with Crippen molar-refractivity contribution in [1.82, 2.24) is 5.32 Å². The zero-order valence-corrected chi connectivity index (χ0v) is 11.0. The minimum absolute atomic E-state index is 0.0722. The maximum absolute atomic E-state index is 11.7. The molecule has 0 aromatic carbocycles. The van der Waals surface area contributed by atoms with Crippen molar-refractivity contribution in [2.45, 2.75) is 32.1 Å². The van der Waals surface area contributed by atoms with Crippen molar-refractivity contribution in [3.05, 3.63) is 0 Å². The van der Waals surface area contributed by atoms with E-state index in [0.717, 1.165) is 24.3 Å². The van der Waals surface area contributed by atoms with E-state index in [4.69, 9.17) is 11.6 Å². The Kier molecular flexibility index (Phi) is 5.83. The van der Waals surface area contributed by atoms with Crippen molar-refractivity contribution < 1.29 is 4.79 Å². The molecule has 0 aromatic heterocycles. The van der Waals surface area contributed by atoms with Crippen LogP contribution >= 0.6 is 23.4 Å². The monoisotopic (exact) mass is 249 g/mol. The SMILES string of the molecule is CC(C)CC(Cl)CNC(=O)C1CCSC1. The largest absolute Gasteiger partial charge is 0.354 e. The first-order valence-corrected chi connectivity index (χ1v) is 7.18. The third-order valence-electron chi connectivity index (χ3n) is 2.53. The fourth-order valence-corrected chi connectivity index (χ4v) is 3.35. The summed E-state index contributed by atoms with van der Waals surface area (Å²) in [6.45, 7) is 4.90. The van der Waals surface area contributed by atoms with Crippen LogP contribution in [0.4, 0.5) is 0 Å². The summed E-state index contributed by atoms with van der Waals surface area (Å²) in [4.78, 5) is 11.7. The third kappa shape index (κ3) is 5.12. The molecule has 0 radical (unpaired) electrons. The van der Waals surface area contributed by atoms with Gasteiger partial charge >= 0.3 is 0 Å². The third-order valence-corrected chi connectivity index (χ3v) is 4.02. The number of carbonyl (C=O) groups is 1.